The Labute approximate surface area is 42.3 Å². The van der Waals surface area contributed by atoms with Gasteiger partial charge in [-0.15, -0.1) is 0 Å². The highest BCUT2D eigenvalue weighted by Gasteiger charge is 2.08. The summed E-state index contributed by atoms with van der Waals surface area (Å²) in [7, 11) is 0. The van der Waals surface area contributed by atoms with Gasteiger partial charge >= 0.3 is 0 Å². The molecular formula is C4H8NO2. The normalized spacial score (nSPS) is 33.0. The molecule has 0 aliphatic carbocycles. The van der Waals surface area contributed by atoms with Crippen molar-refractivity contribution in [1.82, 2.24) is 5.32 Å². The van der Waals surface area contributed by atoms with Crippen molar-refractivity contribution in [1.29, 1.82) is 0 Å². The van der Waals surface area contributed by atoms with Gasteiger partial charge in [0.05, 0.1) is 13.2 Å². The quantitative estimate of drug-likeness (QED) is 0.442. The summed E-state index contributed by atoms with van der Waals surface area (Å²) in [5.41, 5.74) is 0. The minimum absolute atomic E-state index is 0.319. The van der Waals surface area contributed by atoms with Gasteiger partial charge in [0.15, 0.2) is 6.23 Å². The van der Waals surface area contributed by atoms with Gasteiger partial charge in [0, 0.05) is 6.54 Å². The Bertz CT molecular complexity index is 51.7. The number of hydrogen-bond donors (Lipinski definition) is 1. The third-order valence-electron chi connectivity index (χ3n) is 0.888. The molecule has 1 rings (SSSR count). The topological polar surface area (TPSA) is 41.2 Å². The highest BCUT2D eigenvalue weighted by molar-refractivity contribution is 4.55. The van der Waals surface area contributed by atoms with E-state index < -0.39 is 6.23 Å². The Kier molecular flexibility index (Phi) is 1.62. The van der Waals surface area contributed by atoms with Crippen LogP contribution in [0.2, 0.25) is 0 Å². The van der Waals surface area contributed by atoms with Crippen molar-refractivity contribution in [3.63, 3.8) is 0 Å². The first kappa shape index (κ1) is 5.03. The summed E-state index contributed by atoms with van der Waals surface area (Å²) < 4.78 is 4.81. The molecular weight excluding hydrogens is 94.0 g/mol. The average molecular weight is 102 g/mol. The van der Waals surface area contributed by atoms with Crippen LogP contribution in [-0.4, -0.2) is 26.0 Å². The van der Waals surface area contributed by atoms with Crippen LogP contribution in [-0.2, 0) is 9.84 Å². The first-order valence-electron chi connectivity index (χ1n) is 2.36. The monoisotopic (exact) mass is 102 g/mol. The number of rotatable bonds is 0. The molecule has 0 saturated carbocycles. The zero-order chi connectivity index (χ0) is 5.11. The van der Waals surface area contributed by atoms with Gasteiger partial charge in [-0.05, 0) is 0 Å². The van der Waals surface area contributed by atoms with E-state index >= 15 is 0 Å². The van der Waals surface area contributed by atoms with Gasteiger partial charge in [-0.1, -0.05) is 0 Å². The molecule has 1 N–H and O–H groups in total. The standard InChI is InChI=1S/C4H8NO2/c6-4-3-7-2-1-5-4/h4-5H,1-3H2. The Balaban J connectivity index is 2.12. The van der Waals surface area contributed by atoms with Crippen LogP contribution in [0.1, 0.15) is 0 Å². The predicted octanol–water partition coefficient (Wildman–Crippen LogP) is -0.637. The molecule has 41 valence electrons. The Hall–Kier alpha value is -0.120. The summed E-state index contributed by atoms with van der Waals surface area (Å²) >= 11 is 0. The molecule has 1 aliphatic heterocycles. The molecule has 1 atom stereocenters. The van der Waals surface area contributed by atoms with E-state index in [4.69, 9.17) is 4.74 Å². The van der Waals surface area contributed by atoms with Gasteiger partial charge < -0.3 is 4.74 Å². The summed E-state index contributed by atoms with van der Waals surface area (Å²) in [5.74, 6) is 0. The predicted molar refractivity (Wildman–Crippen MR) is 23.3 cm³/mol. The van der Waals surface area contributed by atoms with Crippen molar-refractivity contribution in [3.05, 3.63) is 0 Å². The van der Waals surface area contributed by atoms with Crippen LogP contribution in [0.15, 0.2) is 0 Å². The zero-order valence-electron chi connectivity index (χ0n) is 4.02. The molecule has 1 radical (unpaired) electrons. The van der Waals surface area contributed by atoms with E-state index in [9.17, 15) is 5.11 Å². The lowest BCUT2D eigenvalue weighted by molar-refractivity contribution is -0.0524. The fraction of sp³-hybridized carbons (Fsp3) is 1.00. The summed E-state index contributed by atoms with van der Waals surface area (Å²) in [6, 6.07) is 0. The summed E-state index contributed by atoms with van der Waals surface area (Å²) in [5, 5.41) is 13.0. The van der Waals surface area contributed by atoms with Gasteiger partial charge in [-0.2, -0.15) is 0 Å². The van der Waals surface area contributed by atoms with Crippen molar-refractivity contribution in [2.45, 2.75) is 6.23 Å². The SMILES string of the molecule is [O]C1COCCN1. The molecule has 1 fully saturated rings. The first-order chi connectivity index (χ1) is 3.39. The molecule has 3 nitrogen and oxygen atoms in total. The van der Waals surface area contributed by atoms with Crippen molar-refractivity contribution < 1.29 is 9.84 Å². The lowest BCUT2D eigenvalue weighted by Crippen LogP contribution is -2.39. The average Bonchev–Trinajstić information content (AvgIpc) is 1.69. The molecule has 0 aromatic heterocycles. The highest BCUT2D eigenvalue weighted by Crippen LogP contribution is 1.86. The van der Waals surface area contributed by atoms with E-state index in [-0.39, 0.29) is 0 Å². The fourth-order valence-electron chi connectivity index (χ4n) is 0.541. The highest BCUT2D eigenvalue weighted by atomic mass is 16.5. The van der Waals surface area contributed by atoms with Crippen LogP contribution < -0.4 is 5.32 Å². The maximum absolute atomic E-state index is 10.3. The molecule has 1 aliphatic rings. The Morgan fingerprint density at radius 3 is 2.86 bits per heavy atom. The smallest absolute Gasteiger partial charge is 0.167 e. The summed E-state index contributed by atoms with van der Waals surface area (Å²) in [6.45, 7) is 1.70. The molecule has 0 bridgehead atoms. The van der Waals surface area contributed by atoms with Gasteiger partial charge in [0.1, 0.15) is 0 Å². The lowest BCUT2D eigenvalue weighted by Gasteiger charge is -2.16. The molecule has 0 spiro atoms. The van der Waals surface area contributed by atoms with Crippen molar-refractivity contribution >= 4 is 0 Å². The van der Waals surface area contributed by atoms with E-state index in [0.29, 0.717) is 19.8 Å². The first-order valence-corrected chi connectivity index (χ1v) is 2.36. The molecule has 0 amide bonds. The van der Waals surface area contributed by atoms with E-state index in [0.717, 1.165) is 0 Å². The largest absolute Gasteiger partial charge is 0.376 e. The van der Waals surface area contributed by atoms with Gasteiger partial charge in [0.25, 0.3) is 0 Å². The number of hydrogen-bond acceptors (Lipinski definition) is 2. The third kappa shape index (κ3) is 1.43. The molecule has 0 aromatic carbocycles. The van der Waals surface area contributed by atoms with Crippen molar-refractivity contribution in [2.24, 2.45) is 0 Å². The molecule has 1 unspecified atom stereocenters. The molecule has 7 heavy (non-hydrogen) atoms. The van der Waals surface area contributed by atoms with E-state index in [1.54, 1.807) is 0 Å². The number of morpholine rings is 1. The Morgan fingerprint density at radius 1 is 1.71 bits per heavy atom. The second-order valence-corrected chi connectivity index (χ2v) is 1.52. The Morgan fingerprint density at radius 2 is 2.57 bits per heavy atom. The maximum Gasteiger partial charge on any atom is 0.167 e. The molecule has 0 aromatic rings. The molecule has 1 saturated heterocycles. The van der Waals surface area contributed by atoms with Crippen LogP contribution in [0.25, 0.3) is 0 Å². The van der Waals surface area contributed by atoms with Crippen molar-refractivity contribution in [3.8, 4) is 0 Å². The van der Waals surface area contributed by atoms with Crippen LogP contribution in [0.4, 0.5) is 0 Å². The maximum atomic E-state index is 10.3. The minimum Gasteiger partial charge on any atom is -0.376 e. The van der Waals surface area contributed by atoms with E-state index in [1.807, 2.05) is 0 Å². The second-order valence-electron chi connectivity index (χ2n) is 1.52. The summed E-state index contributed by atoms with van der Waals surface area (Å²) in [4.78, 5) is 0. The van der Waals surface area contributed by atoms with Crippen LogP contribution in [0.5, 0.6) is 0 Å². The number of ether oxygens (including phenoxy) is 1. The van der Waals surface area contributed by atoms with E-state index in [2.05, 4.69) is 5.32 Å². The van der Waals surface area contributed by atoms with Crippen LogP contribution >= 0.6 is 0 Å². The van der Waals surface area contributed by atoms with Gasteiger partial charge in [0.2, 0.25) is 0 Å². The van der Waals surface area contributed by atoms with Crippen LogP contribution in [0, 0.1) is 0 Å². The van der Waals surface area contributed by atoms with Gasteiger partial charge in [-0.25, -0.2) is 5.11 Å². The zero-order valence-corrected chi connectivity index (χ0v) is 4.02. The second kappa shape index (κ2) is 2.26. The number of nitrogens with one attached hydrogen (secondary N) is 1. The van der Waals surface area contributed by atoms with E-state index in [1.165, 1.54) is 0 Å². The summed E-state index contributed by atoms with van der Waals surface area (Å²) in [6.07, 6.45) is -0.686. The fourth-order valence-corrected chi connectivity index (χ4v) is 0.541. The molecule has 1 heterocycles. The molecule has 3 heteroatoms. The lowest BCUT2D eigenvalue weighted by atomic mass is 10.5. The van der Waals surface area contributed by atoms with Gasteiger partial charge in [-0.3, -0.25) is 5.32 Å². The third-order valence-corrected chi connectivity index (χ3v) is 0.888. The van der Waals surface area contributed by atoms with Crippen LogP contribution in [0.3, 0.4) is 0 Å². The minimum atomic E-state index is -0.686. The van der Waals surface area contributed by atoms with Crippen molar-refractivity contribution in [2.75, 3.05) is 19.8 Å².